The number of amides is 3. The summed E-state index contributed by atoms with van der Waals surface area (Å²) in [5.41, 5.74) is 10.3. The Morgan fingerprint density at radius 2 is 1.94 bits per heavy atom. The number of hydrogen-bond donors (Lipinski definition) is 1. The molecule has 1 aliphatic carbocycles. The Balaban J connectivity index is 1.75. The number of anilines is 2. The van der Waals surface area contributed by atoms with Crippen molar-refractivity contribution < 1.29 is 14.3 Å². The summed E-state index contributed by atoms with van der Waals surface area (Å²) in [6.07, 6.45) is 4.83. The monoisotopic (exact) mass is 419 g/mol. The first-order valence-corrected chi connectivity index (χ1v) is 10.7. The van der Waals surface area contributed by atoms with Crippen molar-refractivity contribution in [2.45, 2.75) is 45.2 Å². The molecule has 0 aromatic heterocycles. The minimum absolute atomic E-state index is 0.0536. The molecule has 1 aliphatic heterocycles. The van der Waals surface area contributed by atoms with Crippen LogP contribution in [0.1, 0.15) is 42.4 Å². The topological polar surface area (TPSA) is 75.9 Å². The Morgan fingerprint density at radius 3 is 2.58 bits per heavy atom. The number of nitrogens with zero attached hydrogens (tertiary/aromatic N) is 2. The quantitative estimate of drug-likeness (QED) is 0.759. The van der Waals surface area contributed by atoms with Gasteiger partial charge in [-0.25, -0.2) is 4.79 Å². The largest absolute Gasteiger partial charge is 0.496 e. The maximum atomic E-state index is 13.8. The maximum Gasteiger partial charge on any atom is 0.329 e. The molecule has 2 aromatic rings. The summed E-state index contributed by atoms with van der Waals surface area (Å²) in [7, 11) is 1.64. The van der Waals surface area contributed by atoms with Crippen molar-refractivity contribution in [3.63, 3.8) is 0 Å². The van der Waals surface area contributed by atoms with Gasteiger partial charge in [0.2, 0.25) is 5.91 Å². The van der Waals surface area contributed by atoms with Crippen LogP contribution in [-0.2, 0) is 11.3 Å². The first-order chi connectivity index (χ1) is 14.9. The smallest absolute Gasteiger partial charge is 0.329 e. The van der Waals surface area contributed by atoms with Crippen LogP contribution < -0.4 is 15.4 Å². The first-order valence-electron chi connectivity index (χ1n) is 10.7. The van der Waals surface area contributed by atoms with E-state index in [9.17, 15) is 9.59 Å². The van der Waals surface area contributed by atoms with Gasteiger partial charge in [0.15, 0.2) is 0 Å². The number of carbonyl (C=O) groups excluding carboxylic acids is 2. The van der Waals surface area contributed by atoms with Gasteiger partial charge in [0.25, 0.3) is 0 Å². The molecule has 2 aromatic carbocycles. The molecule has 0 bridgehead atoms. The number of primary amides is 1. The number of rotatable bonds is 5. The van der Waals surface area contributed by atoms with Gasteiger partial charge in [-0.1, -0.05) is 30.9 Å². The molecule has 2 N–H and O–H groups in total. The lowest BCUT2D eigenvalue weighted by Gasteiger charge is -2.43. The Kier molecular flexibility index (Phi) is 5.72. The van der Waals surface area contributed by atoms with Gasteiger partial charge in [-0.05, 0) is 55.9 Å². The average Bonchev–Trinajstić information content (AvgIpc) is 2.79. The summed E-state index contributed by atoms with van der Waals surface area (Å²) < 4.78 is 5.51. The Morgan fingerprint density at radius 1 is 1.19 bits per heavy atom. The van der Waals surface area contributed by atoms with Gasteiger partial charge in [0.1, 0.15) is 5.75 Å². The van der Waals surface area contributed by atoms with E-state index in [4.69, 9.17) is 10.5 Å². The summed E-state index contributed by atoms with van der Waals surface area (Å²) in [5, 5.41) is 0. The normalized spacial score (nSPS) is 20.9. The third-order valence-corrected chi connectivity index (χ3v) is 6.60. The van der Waals surface area contributed by atoms with Gasteiger partial charge in [-0.15, -0.1) is 0 Å². The lowest BCUT2D eigenvalue weighted by Crippen LogP contribution is -2.51. The van der Waals surface area contributed by atoms with Crippen molar-refractivity contribution in [3.05, 3.63) is 59.7 Å². The van der Waals surface area contributed by atoms with Gasteiger partial charge in [-0.3, -0.25) is 9.69 Å². The van der Waals surface area contributed by atoms with Crippen LogP contribution in [0.2, 0.25) is 0 Å². The molecule has 162 valence electrons. The number of methoxy groups -OCH3 is 1. The lowest BCUT2D eigenvalue weighted by molar-refractivity contribution is -0.123. The Hall–Kier alpha value is -3.28. The standard InChI is InChI=1S/C25H29N3O3/c1-4-17-6-5-7-22-21(17)15-27(19-12-9-18(10-13-19)24(26)29)25(30)28(22)20-11-8-16(2)23(14-20)31-3/h4-8,11,14,18-19H,1,9-10,12-13,15H2,2-3H3,(H2,26,29). The Labute approximate surface area is 183 Å². The molecule has 1 heterocycles. The molecule has 0 spiro atoms. The zero-order chi connectivity index (χ0) is 22.1. The van der Waals surface area contributed by atoms with E-state index in [-0.39, 0.29) is 23.9 Å². The molecular formula is C25H29N3O3. The van der Waals surface area contributed by atoms with Crippen molar-refractivity contribution >= 4 is 29.4 Å². The van der Waals surface area contributed by atoms with Gasteiger partial charge in [-0.2, -0.15) is 0 Å². The zero-order valence-corrected chi connectivity index (χ0v) is 18.1. The van der Waals surface area contributed by atoms with Crippen molar-refractivity contribution in [3.8, 4) is 5.75 Å². The number of benzene rings is 2. The number of nitrogens with two attached hydrogens (primary N) is 1. The first kappa shape index (κ1) is 21.0. The SMILES string of the molecule is C=Cc1cccc2c1CN(C1CCC(C(N)=O)CC1)C(=O)N2c1ccc(C)c(OC)c1. The highest BCUT2D eigenvalue weighted by molar-refractivity contribution is 6.02. The fourth-order valence-corrected chi connectivity index (χ4v) is 4.79. The second-order valence-corrected chi connectivity index (χ2v) is 8.36. The zero-order valence-electron chi connectivity index (χ0n) is 18.1. The summed E-state index contributed by atoms with van der Waals surface area (Å²) >= 11 is 0. The second-order valence-electron chi connectivity index (χ2n) is 8.36. The molecule has 6 heteroatoms. The van der Waals surface area contributed by atoms with E-state index in [1.807, 2.05) is 54.3 Å². The van der Waals surface area contributed by atoms with Crippen LogP contribution in [0, 0.1) is 12.8 Å². The van der Waals surface area contributed by atoms with Crippen LogP contribution >= 0.6 is 0 Å². The van der Waals surface area contributed by atoms with Crippen LogP contribution in [0.25, 0.3) is 6.08 Å². The molecule has 31 heavy (non-hydrogen) atoms. The van der Waals surface area contributed by atoms with E-state index in [2.05, 4.69) is 6.58 Å². The molecule has 0 radical (unpaired) electrons. The van der Waals surface area contributed by atoms with Gasteiger partial charge in [0.05, 0.1) is 25.0 Å². The minimum atomic E-state index is -0.240. The summed E-state index contributed by atoms with van der Waals surface area (Å²) in [4.78, 5) is 29.1. The summed E-state index contributed by atoms with van der Waals surface area (Å²) in [6, 6.07) is 11.8. The van der Waals surface area contributed by atoms with E-state index < -0.39 is 0 Å². The van der Waals surface area contributed by atoms with Crippen molar-refractivity contribution in [1.82, 2.24) is 4.90 Å². The molecule has 3 amide bonds. The van der Waals surface area contributed by atoms with Crippen molar-refractivity contribution in [2.75, 3.05) is 12.0 Å². The number of carbonyl (C=O) groups is 2. The van der Waals surface area contributed by atoms with E-state index >= 15 is 0 Å². The number of urea groups is 1. The molecule has 4 rings (SSSR count). The molecule has 0 saturated heterocycles. The predicted molar refractivity (Wildman–Crippen MR) is 122 cm³/mol. The van der Waals surface area contributed by atoms with E-state index in [1.54, 1.807) is 12.0 Å². The lowest BCUT2D eigenvalue weighted by atomic mass is 9.84. The van der Waals surface area contributed by atoms with Crippen LogP contribution in [0.15, 0.2) is 43.0 Å². The molecule has 1 fully saturated rings. The van der Waals surface area contributed by atoms with E-state index in [0.29, 0.717) is 6.54 Å². The van der Waals surface area contributed by atoms with E-state index in [0.717, 1.165) is 59.5 Å². The number of fused-ring (bicyclic) bond motifs is 1. The highest BCUT2D eigenvalue weighted by atomic mass is 16.5. The summed E-state index contributed by atoms with van der Waals surface area (Å²) in [5.74, 6) is 0.409. The fourth-order valence-electron chi connectivity index (χ4n) is 4.79. The van der Waals surface area contributed by atoms with Crippen LogP contribution in [0.5, 0.6) is 5.75 Å². The van der Waals surface area contributed by atoms with Gasteiger partial charge in [0, 0.05) is 23.6 Å². The minimum Gasteiger partial charge on any atom is -0.496 e. The van der Waals surface area contributed by atoms with Crippen molar-refractivity contribution in [1.29, 1.82) is 0 Å². The highest BCUT2D eigenvalue weighted by Gasteiger charge is 2.38. The maximum absolute atomic E-state index is 13.8. The summed E-state index contributed by atoms with van der Waals surface area (Å²) in [6.45, 7) is 6.48. The van der Waals surface area contributed by atoms with Crippen LogP contribution in [0.3, 0.4) is 0 Å². The predicted octanol–water partition coefficient (Wildman–Crippen LogP) is 4.76. The Bertz CT molecular complexity index is 1020. The van der Waals surface area contributed by atoms with Crippen LogP contribution in [-0.4, -0.2) is 30.0 Å². The number of ether oxygens (including phenoxy) is 1. The van der Waals surface area contributed by atoms with Crippen molar-refractivity contribution in [2.24, 2.45) is 11.7 Å². The third-order valence-electron chi connectivity index (χ3n) is 6.60. The van der Waals surface area contributed by atoms with Gasteiger partial charge >= 0.3 is 6.03 Å². The van der Waals surface area contributed by atoms with E-state index in [1.165, 1.54) is 0 Å². The second kappa shape index (κ2) is 8.46. The third kappa shape index (κ3) is 3.78. The average molecular weight is 420 g/mol. The fraction of sp³-hybridized carbons (Fsp3) is 0.360. The molecule has 0 atom stereocenters. The highest BCUT2D eigenvalue weighted by Crippen LogP contribution is 2.41. The molecule has 0 unspecified atom stereocenters. The molecule has 6 nitrogen and oxygen atoms in total. The molecular weight excluding hydrogens is 390 g/mol. The number of hydrogen-bond acceptors (Lipinski definition) is 3. The molecule has 2 aliphatic rings. The van der Waals surface area contributed by atoms with Crippen LogP contribution in [0.4, 0.5) is 16.2 Å². The number of aryl methyl sites for hydroxylation is 1. The van der Waals surface area contributed by atoms with Gasteiger partial charge < -0.3 is 15.4 Å². The molecule has 1 saturated carbocycles.